The lowest BCUT2D eigenvalue weighted by molar-refractivity contribution is -0.130. The fourth-order valence-corrected chi connectivity index (χ4v) is 2.78. The van der Waals surface area contributed by atoms with E-state index in [1.54, 1.807) is 6.07 Å². The molecule has 160 valence electrons. The Morgan fingerprint density at radius 2 is 1.57 bits per heavy atom. The van der Waals surface area contributed by atoms with Gasteiger partial charge in [0, 0.05) is 18.5 Å². The van der Waals surface area contributed by atoms with Gasteiger partial charge in [-0.1, -0.05) is 44.2 Å². The molecule has 3 N–H and O–H groups in total. The molecular formula is C23H29N3O4. The van der Waals surface area contributed by atoms with Crippen molar-refractivity contribution in [2.45, 2.75) is 46.5 Å². The minimum absolute atomic E-state index is 0.00729. The molecular weight excluding hydrogens is 382 g/mol. The number of amides is 3. The molecule has 2 aromatic carbocycles. The van der Waals surface area contributed by atoms with E-state index in [0.717, 1.165) is 22.4 Å². The highest BCUT2D eigenvalue weighted by Crippen LogP contribution is 2.25. The van der Waals surface area contributed by atoms with E-state index in [1.165, 1.54) is 0 Å². The summed E-state index contributed by atoms with van der Waals surface area (Å²) >= 11 is 0. The topological polar surface area (TPSA) is 96.5 Å². The summed E-state index contributed by atoms with van der Waals surface area (Å²) in [5, 5.41) is 2.80. The maximum Gasteiger partial charge on any atom is 0.276 e. The largest absolute Gasteiger partial charge is 0.483 e. The number of carbonyl (C=O) groups excluding carboxylic acids is 3. The first-order valence-corrected chi connectivity index (χ1v) is 9.92. The van der Waals surface area contributed by atoms with Crippen LogP contribution < -0.4 is 20.9 Å². The Morgan fingerprint density at radius 1 is 0.900 bits per heavy atom. The summed E-state index contributed by atoms with van der Waals surface area (Å²) in [6.07, 6.45) is -0.0403. The van der Waals surface area contributed by atoms with E-state index in [4.69, 9.17) is 4.74 Å². The molecule has 3 amide bonds. The fraction of sp³-hybridized carbons (Fsp3) is 0.348. The number of hydrogen-bond donors (Lipinski definition) is 3. The third-order valence-corrected chi connectivity index (χ3v) is 4.49. The molecule has 0 heterocycles. The number of anilines is 1. The second kappa shape index (κ2) is 11.0. The maximum absolute atomic E-state index is 12.1. The highest BCUT2D eigenvalue weighted by atomic mass is 16.5. The molecule has 0 fully saturated rings. The molecule has 0 bridgehead atoms. The average molecular weight is 412 g/mol. The molecule has 0 unspecified atom stereocenters. The standard InChI is InChI=1S/C23H29N3O4/c1-15(2)18-7-5-6-8-20(18)30-14-23(29)26-25-22(28)12-11-21(27)24-19-13-16(3)9-10-17(19)4/h5-10,13,15H,11-12,14H2,1-4H3,(H,24,27)(H,25,28)(H,26,29). The van der Waals surface area contributed by atoms with Gasteiger partial charge in [0.1, 0.15) is 5.75 Å². The zero-order valence-electron chi connectivity index (χ0n) is 17.9. The summed E-state index contributed by atoms with van der Waals surface area (Å²) in [5.41, 5.74) is 8.31. The van der Waals surface area contributed by atoms with E-state index in [-0.39, 0.29) is 31.3 Å². The quantitative estimate of drug-likeness (QED) is 0.580. The number of para-hydroxylation sites is 1. The van der Waals surface area contributed by atoms with Crippen LogP contribution in [0.15, 0.2) is 42.5 Å². The van der Waals surface area contributed by atoms with Crippen LogP contribution in [0.3, 0.4) is 0 Å². The summed E-state index contributed by atoms with van der Waals surface area (Å²) in [4.78, 5) is 35.9. The van der Waals surface area contributed by atoms with Crippen molar-refractivity contribution in [2.75, 3.05) is 11.9 Å². The number of hydrogen-bond acceptors (Lipinski definition) is 4. The first-order valence-electron chi connectivity index (χ1n) is 9.92. The summed E-state index contributed by atoms with van der Waals surface area (Å²) in [6, 6.07) is 13.3. The fourth-order valence-electron chi connectivity index (χ4n) is 2.78. The molecule has 0 atom stereocenters. The lowest BCUT2D eigenvalue weighted by Crippen LogP contribution is -2.44. The van der Waals surface area contributed by atoms with Crippen molar-refractivity contribution in [3.05, 3.63) is 59.2 Å². The van der Waals surface area contributed by atoms with Crippen molar-refractivity contribution in [1.82, 2.24) is 10.9 Å². The van der Waals surface area contributed by atoms with Gasteiger partial charge in [0.05, 0.1) is 0 Å². The molecule has 0 radical (unpaired) electrons. The normalized spacial score (nSPS) is 10.4. The summed E-state index contributed by atoms with van der Waals surface area (Å²) in [7, 11) is 0. The number of rotatable bonds is 8. The van der Waals surface area contributed by atoms with Crippen LogP contribution >= 0.6 is 0 Å². The van der Waals surface area contributed by atoms with Gasteiger partial charge in [0.2, 0.25) is 11.8 Å². The second-order valence-electron chi connectivity index (χ2n) is 7.44. The van der Waals surface area contributed by atoms with Gasteiger partial charge >= 0.3 is 0 Å². The van der Waals surface area contributed by atoms with Gasteiger partial charge in [-0.2, -0.15) is 0 Å². The molecule has 0 spiro atoms. The average Bonchev–Trinajstić information content (AvgIpc) is 2.72. The van der Waals surface area contributed by atoms with Gasteiger partial charge in [0.15, 0.2) is 6.61 Å². The Kier molecular flexibility index (Phi) is 8.41. The molecule has 0 saturated heterocycles. The van der Waals surface area contributed by atoms with Crippen molar-refractivity contribution in [3.63, 3.8) is 0 Å². The Hall–Kier alpha value is -3.35. The van der Waals surface area contributed by atoms with Gasteiger partial charge in [-0.15, -0.1) is 0 Å². The first-order chi connectivity index (χ1) is 14.3. The zero-order chi connectivity index (χ0) is 22.1. The summed E-state index contributed by atoms with van der Waals surface area (Å²) < 4.78 is 5.55. The molecule has 7 heteroatoms. The summed E-state index contributed by atoms with van der Waals surface area (Å²) in [5.74, 6) is -0.307. The molecule has 30 heavy (non-hydrogen) atoms. The number of carbonyl (C=O) groups is 3. The van der Waals surface area contributed by atoms with Crippen LogP contribution in [0.1, 0.15) is 49.3 Å². The van der Waals surface area contributed by atoms with E-state index in [2.05, 4.69) is 16.2 Å². The highest BCUT2D eigenvalue weighted by Gasteiger charge is 2.11. The molecule has 0 aliphatic carbocycles. The zero-order valence-corrected chi connectivity index (χ0v) is 17.9. The van der Waals surface area contributed by atoms with Gasteiger partial charge < -0.3 is 10.1 Å². The van der Waals surface area contributed by atoms with Gasteiger partial charge in [0.25, 0.3) is 5.91 Å². The molecule has 0 aromatic heterocycles. The van der Waals surface area contributed by atoms with E-state index >= 15 is 0 Å². The SMILES string of the molecule is Cc1ccc(C)c(NC(=O)CCC(=O)NNC(=O)COc2ccccc2C(C)C)c1. The smallest absolute Gasteiger partial charge is 0.276 e. The minimum Gasteiger partial charge on any atom is -0.483 e. The van der Waals surface area contributed by atoms with Crippen molar-refractivity contribution >= 4 is 23.4 Å². The lowest BCUT2D eigenvalue weighted by atomic mass is 10.0. The monoisotopic (exact) mass is 411 g/mol. The van der Waals surface area contributed by atoms with Gasteiger partial charge in [-0.3, -0.25) is 25.2 Å². The van der Waals surface area contributed by atoms with Crippen LogP contribution in [-0.2, 0) is 14.4 Å². The van der Waals surface area contributed by atoms with Crippen LogP contribution in [0.25, 0.3) is 0 Å². The molecule has 0 aliphatic rings. The van der Waals surface area contributed by atoms with Crippen LogP contribution in [0.4, 0.5) is 5.69 Å². The van der Waals surface area contributed by atoms with Gasteiger partial charge in [-0.25, -0.2) is 0 Å². The molecule has 2 rings (SSSR count). The Balaban J connectivity index is 1.71. The number of benzene rings is 2. The number of aryl methyl sites for hydroxylation is 2. The number of ether oxygens (including phenoxy) is 1. The minimum atomic E-state index is -0.484. The van der Waals surface area contributed by atoms with Crippen LogP contribution in [-0.4, -0.2) is 24.3 Å². The first kappa shape index (κ1) is 22.9. The summed E-state index contributed by atoms with van der Waals surface area (Å²) in [6.45, 7) is 7.70. The second-order valence-corrected chi connectivity index (χ2v) is 7.44. The molecule has 0 aliphatic heterocycles. The van der Waals surface area contributed by atoms with Crippen molar-refractivity contribution < 1.29 is 19.1 Å². The maximum atomic E-state index is 12.1. The van der Waals surface area contributed by atoms with Crippen LogP contribution in [0.2, 0.25) is 0 Å². The van der Waals surface area contributed by atoms with E-state index < -0.39 is 11.8 Å². The lowest BCUT2D eigenvalue weighted by Gasteiger charge is -2.14. The predicted octanol–water partition coefficient (Wildman–Crippen LogP) is 3.37. The van der Waals surface area contributed by atoms with Crippen molar-refractivity contribution in [2.24, 2.45) is 0 Å². The highest BCUT2D eigenvalue weighted by molar-refractivity contribution is 5.94. The Morgan fingerprint density at radius 3 is 2.30 bits per heavy atom. The van der Waals surface area contributed by atoms with Crippen molar-refractivity contribution in [3.8, 4) is 5.75 Å². The number of hydrazine groups is 1. The molecule has 7 nitrogen and oxygen atoms in total. The Bertz CT molecular complexity index is 909. The van der Waals surface area contributed by atoms with E-state index in [0.29, 0.717) is 5.75 Å². The molecule has 0 saturated carbocycles. The van der Waals surface area contributed by atoms with Crippen LogP contribution in [0.5, 0.6) is 5.75 Å². The van der Waals surface area contributed by atoms with Gasteiger partial charge in [-0.05, 0) is 48.6 Å². The predicted molar refractivity (Wildman–Crippen MR) is 116 cm³/mol. The van der Waals surface area contributed by atoms with E-state index in [9.17, 15) is 14.4 Å². The van der Waals surface area contributed by atoms with Crippen molar-refractivity contribution in [1.29, 1.82) is 0 Å². The number of nitrogens with one attached hydrogen (secondary N) is 3. The third kappa shape index (κ3) is 7.24. The Labute approximate surface area is 177 Å². The third-order valence-electron chi connectivity index (χ3n) is 4.49. The molecule has 2 aromatic rings. The van der Waals surface area contributed by atoms with E-state index in [1.807, 2.05) is 64.1 Å². The van der Waals surface area contributed by atoms with Crippen LogP contribution in [0, 0.1) is 13.8 Å².